The van der Waals surface area contributed by atoms with E-state index >= 15 is 0 Å². The summed E-state index contributed by atoms with van der Waals surface area (Å²) in [6, 6.07) is 9.18. The number of aromatic nitrogens is 1. The van der Waals surface area contributed by atoms with E-state index < -0.39 is 17.8 Å². The molecular weight excluding hydrogens is 522 g/mol. The molecule has 7 nitrogen and oxygen atoms in total. The molecule has 0 amide bonds. The lowest BCUT2D eigenvalue weighted by Crippen LogP contribution is -2.45. The molecule has 2 aliphatic rings. The second-order valence-electron chi connectivity index (χ2n) is 9.42. The zero-order valence-corrected chi connectivity index (χ0v) is 21.6. The van der Waals surface area contributed by atoms with E-state index in [0.717, 1.165) is 19.3 Å². The molecule has 1 saturated carbocycles. The number of carboxylic acids is 1. The summed E-state index contributed by atoms with van der Waals surface area (Å²) in [4.78, 5) is 26.7. The first-order valence-corrected chi connectivity index (χ1v) is 13.0. The minimum absolute atomic E-state index is 0.0236. The quantitative estimate of drug-likeness (QED) is 0.320. The molecule has 1 aromatic heterocycles. The van der Waals surface area contributed by atoms with Crippen molar-refractivity contribution in [2.45, 2.75) is 57.1 Å². The number of hydrogen-bond acceptors (Lipinski definition) is 6. The van der Waals surface area contributed by atoms with Crippen molar-refractivity contribution in [3.05, 3.63) is 69.1 Å². The molecule has 2 atom stereocenters. The Balaban J connectivity index is 1.36. The molecule has 2 heterocycles. The standard InChI is InChI=1S/C27H25Cl2FN2O5/c1-2-15-12-17(10-11-32(15)16-8-9-18(26(33)34)21(30)13-16)36-27(35)23-24(31-37-25(23)14-6-7-14)22-19(28)4-3-5-20(22)29/h3-5,8-9,13-15,17H,2,6-7,10-12H2,1H3,(H,33,34)/t15-,17-/m1/s1. The molecule has 2 fully saturated rings. The number of carboxylic acid groups (broad SMARTS) is 1. The fourth-order valence-corrected chi connectivity index (χ4v) is 5.51. The molecule has 0 radical (unpaired) electrons. The Morgan fingerprint density at radius 3 is 2.54 bits per heavy atom. The van der Waals surface area contributed by atoms with Crippen molar-refractivity contribution >= 4 is 40.8 Å². The van der Waals surface area contributed by atoms with E-state index in [-0.39, 0.29) is 34.9 Å². The average molecular weight is 547 g/mol. The Kier molecular flexibility index (Phi) is 7.14. The largest absolute Gasteiger partial charge is 0.478 e. The van der Waals surface area contributed by atoms with Crippen LogP contribution in [0.25, 0.3) is 11.3 Å². The second-order valence-corrected chi connectivity index (χ2v) is 10.2. The van der Waals surface area contributed by atoms with E-state index in [4.69, 9.17) is 37.6 Å². The number of hydrogen-bond donors (Lipinski definition) is 1. The van der Waals surface area contributed by atoms with Gasteiger partial charge < -0.3 is 19.3 Å². The zero-order valence-electron chi connectivity index (χ0n) is 20.0. The summed E-state index contributed by atoms with van der Waals surface area (Å²) in [6.45, 7) is 2.52. The minimum Gasteiger partial charge on any atom is -0.478 e. The van der Waals surface area contributed by atoms with Gasteiger partial charge in [-0.3, -0.25) is 0 Å². The van der Waals surface area contributed by atoms with Gasteiger partial charge in [0.2, 0.25) is 0 Å². The van der Waals surface area contributed by atoms with Crippen molar-refractivity contribution in [1.82, 2.24) is 5.16 Å². The SMILES string of the molecule is CC[C@@H]1C[C@H](OC(=O)c2c(-c3c(Cl)cccc3Cl)noc2C2CC2)CCN1c1ccc(C(=O)O)c(F)c1. The summed E-state index contributed by atoms with van der Waals surface area (Å²) < 4.78 is 25.9. The minimum atomic E-state index is -1.31. The second kappa shape index (κ2) is 10.3. The Bertz CT molecular complexity index is 1340. The molecule has 5 rings (SSSR count). The van der Waals surface area contributed by atoms with Crippen LogP contribution in [0.15, 0.2) is 40.9 Å². The summed E-state index contributed by atoms with van der Waals surface area (Å²) in [6.07, 6.45) is 3.23. The third-order valence-corrected chi connectivity index (χ3v) is 7.63. The van der Waals surface area contributed by atoms with E-state index in [0.29, 0.717) is 46.4 Å². The van der Waals surface area contributed by atoms with Crippen LogP contribution in [0.3, 0.4) is 0 Å². The smallest absolute Gasteiger partial charge is 0.344 e. The number of halogens is 3. The molecule has 0 unspecified atom stereocenters. The lowest BCUT2D eigenvalue weighted by molar-refractivity contribution is 0.0206. The normalized spacial score (nSPS) is 19.6. The average Bonchev–Trinajstić information content (AvgIpc) is 3.62. The van der Waals surface area contributed by atoms with Crippen LogP contribution in [0.1, 0.15) is 71.4 Å². The predicted octanol–water partition coefficient (Wildman–Crippen LogP) is 6.97. The van der Waals surface area contributed by atoms with Gasteiger partial charge in [-0.15, -0.1) is 0 Å². The molecule has 1 N–H and O–H groups in total. The number of esters is 1. The number of carbonyl (C=O) groups excluding carboxylic acids is 1. The van der Waals surface area contributed by atoms with E-state index in [9.17, 15) is 14.0 Å². The fourth-order valence-electron chi connectivity index (χ4n) is 4.93. The van der Waals surface area contributed by atoms with E-state index in [1.165, 1.54) is 12.1 Å². The lowest BCUT2D eigenvalue weighted by atomic mass is 9.96. The summed E-state index contributed by atoms with van der Waals surface area (Å²) in [5, 5.41) is 14.0. The van der Waals surface area contributed by atoms with Gasteiger partial charge in [-0.1, -0.05) is 41.3 Å². The van der Waals surface area contributed by atoms with E-state index in [1.807, 2.05) is 11.8 Å². The summed E-state index contributed by atoms with van der Waals surface area (Å²) in [5.41, 5.74) is 1.21. The molecule has 1 saturated heterocycles. The Hall–Kier alpha value is -3.10. The van der Waals surface area contributed by atoms with E-state index in [1.54, 1.807) is 24.3 Å². The highest BCUT2D eigenvalue weighted by Gasteiger charge is 2.38. The van der Waals surface area contributed by atoms with Gasteiger partial charge in [0.1, 0.15) is 23.2 Å². The first-order chi connectivity index (χ1) is 17.8. The van der Waals surface area contributed by atoms with Crippen molar-refractivity contribution in [3.8, 4) is 11.3 Å². The number of ether oxygens (including phenoxy) is 1. The molecule has 1 aliphatic heterocycles. The van der Waals surface area contributed by atoms with Gasteiger partial charge >= 0.3 is 11.9 Å². The Labute approximate surface area is 223 Å². The maximum absolute atomic E-state index is 14.3. The number of anilines is 1. The van der Waals surface area contributed by atoms with Crippen LogP contribution < -0.4 is 4.90 Å². The molecule has 194 valence electrons. The molecule has 1 aliphatic carbocycles. The van der Waals surface area contributed by atoms with Crippen molar-refractivity contribution in [2.24, 2.45) is 0 Å². The monoisotopic (exact) mass is 546 g/mol. The molecule has 0 bridgehead atoms. The van der Waals surface area contributed by atoms with Gasteiger partial charge in [0.25, 0.3) is 0 Å². The predicted molar refractivity (Wildman–Crippen MR) is 137 cm³/mol. The third kappa shape index (κ3) is 5.05. The highest BCUT2D eigenvalue weighted by atomic mass is 35.5. The van der Waals surface area contributed by atoms with Crippen molar-refractivity contribution in [1.29, 1.82) is 0 Å². The third-order valence-electron chi connectivity index (χ3n) is 7.00. The van der Waals surface area contributed by atoms with Crippen molar-refractivity contribution < 1.29 is 28.3 Å². The zero-order chi connectivity index (χ0) is 26.3. The highest BCUT2D eigenvalue weighted by Crippen LogP contribution is 2.46. The highest BCUT2D eigenvalue weighted by molar-refractivity contribution is 6.39. The van der Waals surface area contributed by atoms with Crippen molar-refractivity contribution in [3.63, 3.8) is 0 Å². The number of aromatic carboxylic acids is 1. The van der Waals surface area contributed by atoms with Gasteiger partial charge in [0.05, 0.1) is 15.6 Å². The molecule has 3 aromatic rings. The van der Waals surface area contributed by atoms with Crippen LogP contribution in [-0.4, -0.2) is 40.9 Å². The first kappa shape index (κ1) is 25.5. The fraction of sp³-hybridized carbons (Fsp3) is 0.370. The molecule has 37 heavy (non-hydrogen) atoms. The first-order valence-electron chi connectivity index (χ1n) is 12.2. The van der Waals surface area contributed by atoms with Crippen LogP contribution in [-0.2, 0) is 4.74 Å². The van der Waals surface area contributed by atoms with Crippen LogP contribution in [0.5, 0.6) is 0 Å². The van der Waals surface area contributed by atoms with E-state index in [2.05, 4.69) is 5.16 Å². The summed E-state index contributed by atoms with van der Waals surface area (Å²) >= 11 is 12.8. The van der Waals surface area contributed by atoms with Gasteiger partial charge in [0.15, 0.2) is 5.76 Å². The number of rotatable bonds is 7. The van der Waals surface area contributed by atoms with Crippen molar-refractivity contribution in [2.75, 3.05) is 11.4 Å². The van der Waals surface area contributed by atoms with Gasteiger partial charge in [-0.25, -0.2) is 14.0 Å². The molecule has 0 spiro atoms. The molecule has 10 heteroatoms. The maximum Gasteiger partial charge on any atom is 0.344 e. The van der Waals surface area contributed by atoms with Crippen LogP contribution in [0, 0.1) is 5.82 Å². The molecule has 2 aromatic carbocycles. The lowest BCUT2D eigenvalue weighted by Gasteiger charge is -2.40. The van der Waals surface area contributed by atoms with Crippen LogP contribution in [0.2, 0.25) is 10.0 Å². The Morgan fingerprint density at radius 1 is 1.19 bits per heavy atom. The maximum atomic E-state index is 14.3. The number of benzene rings is 2. The van der Waals surface area contributed by atoms with Crippen LogP contribution in [0.4, 0.5) is 10.1 Å². The summed E-state index contributed by atoms with van der Waals surface area (Å²) in [5.74, 6) is -2.01. The number of carbonyl (C=O) groups is 2. The van der Waals surface area contributed by atoms with Gasteiger partial charge in [-0.2, -0.15) is 0 Å². The summed E-state index contributed by atoms with van der Waals surface area (Å²) in [7, 11) is 0. The van der Waals surface area contributed by atoms with Gasteiger partial charge in [0, 0.05) is 42.6 Å². The Morgan fingerprint density at radius 2 is 1.92 bits per heavy atom. The number of nitrogens with zero attached hydrogens (tertiary/aromatic N) is 2. The topological polar surface area (TPSA) is 92.9 Å². The van der Waals surface area contributed by atoms with Crippen LogP contribution >= 0.6 is 23.2 Å². The van der Waals surface area contributed by atoms with Gasteiger partial charge in [-0.05, 0) is 49.6 Å². The number of piperidine rings is 1. The molecular formula is C27H25Cl2FN2O5.